The lowest BCUT2D eigenvalue weighted by molar-refractivity contribution is -0.138. The van der Waals surface area contributed by atoms with Gasteiger partial charge in [-0.05, 0) is 55.8 Å². The molecule has 1 aliphatic rings. The Balaban J connectivity index is 1.51. The highest BCUT2D eigenvalue weighted by atomic mass is 35.5. The third kappa shape index (κ3) is 5.92. The molecule has 0 fully saturated rings. The molecule has 0 saturated heterocycles. The standard InChI is InChI=1S/C35H27ClN2O7S/c1-3-43-23-13-10-21(11-14-23)31-29(34(42)44-4-2)30(20-8-6-5-7-9-20)37-35-38(31)32(39)28(46-35)19-24-15-17-27(45-24)22-12-16-25(33(40)41)26(36)18-22/h5-19,31H,3-4H2,1-2H3,(H,40,41)/b28-19-/t31-/m1/s1. The first-order chi connectivity index (χ1) is 22.3. The number of benzene rings is 3. The summed E-state index contributed by atoms with van der Waals surface area (Å²) in [5.41, 5.74) is 2.27. The van der Waals surface area contributed by atoms with Crippen LogP contribution in [0.3, 0.4) is 0 Å². The van der Waals surface area contributed by atoms with E-state index in [0.29, 0.717) is 55.6 Å². The summed E-state index contributed by atoms with van der Waals surface area (Å²) >= 11 is 7.34. The third-order valence-corrected chi connectivity index (χ3v) is 8.56. The number of esters is 1. The summed E-state index contributed by atoms with van der Waals surface area (Å²) in [6.07, 6.45) is 1.62. The quantitative estimate of drug-likeness (QED) is 0.195. The Bertz CT molecular complexity index is 2160. The van der Waals surface area contributed by atoms with Gasteiger partial charge >= 0.3 is 11.9 Å². The molecule has 0 amide bonds. The van der Waals surface area contributed by atoms with Crippen LogP contribution in [0.1, 0.15) is 47.1 Å². The van der Waals surface area contributed by atoms with Crippen molar-refractivity contribution >= 4 is 46.6 Å². The second-order valence-electron chi connectivity index (χ2n) is 10.1. The fourth-order valence-corrected chi connectivity index (χ4v) is 6.47. The second kappa shape index (κ2) is 13.0. The number of carboxylic acids is 1. The number of furan rings is 1. The highest BCUT2D eigenvalue weighted by Gasteiger charge is 2.35. The van der Waals surface area contributed by atoms with Crippen molar-refractivity contribution in [1.82, 2.24) is 4.57 Å². The van der Waals surface area contributed by atoms with E-state index in [1.165, 1.54) is 28.0 Å². The van der Waals surface area contributed by atoms with Gasteiger partial charge in [-0.1, -0.05) is 71.5 Å². The summed E-state index contributed by atoms with van der Waals surface area (Å²) in [7, 11) is 0. The lowest BCUT2D eigenvalue weighted by Gasteiger charge is -2.26. The Labute approximate surface area is 271 Å². The monoisotopic (exact) mass is 654 g/mol. The zero-order chi connectivity index (χ0) is 32.4. The van der Waals surface area contributed by atoms with Crippen LogP contribution in [-0.4, -0.2) is 34.8 Å². The smallest absolute Gasteiger partial charge is 0.338 e. The van der Waals surface area contributed by atoms with Crippen molar-refractivity contribution in [3.05, 3.63) is 138 Å². The number of carboxylic acid groups (broad SMARTS) is 1. The van der Waals surface area contributed by atoms with Crippen LogP contribution in [0.15, 0.2) is 105 Å². The van der Waals surface area contributed by atoms with Crippen molar-refractivity contribution < 1.29 is 28.6 Å². The molecule has 0 radical (unpaired) electrons. The van der Waals surface area contributed by atoms with Crippen LogP contribution in [-0.2, 0) is 9.53 Å². The van der Waals surface area contributed by atoms with Gasteiger partial charge in [0, 0.05) is 17.2 Å². The number of hydrogen-bond acceptors (Lipinski definition) is 8. The van der Waals surface area contributed by atoms with Gasteiger partial charge < -0.3 is 19.0 Å². The normalized spacial score (nSPS) is 14.5. The van der Waals surface area contributed by atoms with Crippen LogP contribution >= 0.6 is 22.9 Å². The van der Waals surface area contributed by atoms with E-state index in [2.05, 4.69) is 0 Å². The molecule has 0 saturated carbocycles. The van der Waals surface area contributed by atoms with E-state index in [9.17, 15) is 19.5 Å². The predicted octanol–water partition coefficient (Wildman–Crippen LogP) is 5.95. The molecule has 1 atom stereocenters. The number of fused-ring (bicyclic) bond motifs is 1. The van der Waals surface area contributed by atoms with Crippen LogP contribution < -0.4 is 19.6 Å². The Hall–Kier alpha value is -5.19. The molecule has 0 unspecified atom stereocenters. The minimum Gasteiger partial charge on any atom is -0.494 e. The lowest BCUT2D eigenvalue weighted by atomic mass is 9.93. The largest absolute Gasteiger partial charge is 0.494 e. The van der Waals surface area contributed by atoms with Crippen molar-refractivity contribution in [2.24, 2.45) is 4.99 Å². The maximum atomic E-state index is 14.1. The molecule has 3 heterocycles. The van der Waals surface area contributed by atoms with Crippen LogP contribution in [0.5, 0.6) is 5.75 Å². The molecule has 1 N–H and O–H groups in total. The number of aromatic nitrogens is 1. The van der Waals surface area contributed by atoms with Crippen molar-refractivity contribution in [1.29, 1.82) is 0 Å². The summed E-state index contributed by atoms with van der Waals surface area (Å²) in [6.45, 7) is 4.27. The molecule has 6 rings (SSSR count). The number of nitrogens with zero attached hydrogens (tertiary/aromatic N) is 2. The van der Waals surface area contributed by atoms with Gasteiger partial charge in [-0.25, -0.2) is 14.6 Å². The van der Waals surface area contributed by atoms with Gasteiger partial charge in [0.1, 0.15) is 17.3 Å². The first-order valence-electron chi connectivity index (χ1n) is 14.4. The molecular weight excluding hydrogens is 628 g/mol. The summed E-state index contributed by atoms with van der Waals surface area (Å²) in [5, 5.41) is 9.37. The number of thiazole rings is 1. The molecule has 0 aliphatic carbocycles. The second-order valence-corrected chi connectivity index (χ2v) is 11.6. The Morgan fingerprint density at radius 1 is 1.00 bits per heavy atom. The minimum absolute atomic E-state index is 0.0163. The van der Waals surface area contributed by atoms with Gasteiger partial charge in [-0.15, -0.1) is 0 Å². The number of aromatic carboxylic acids is 1. The number of halogens is 1. The van der Waals surface area contributed by atoms with Crippen molar-refractivity contribution in [3.63, 3.8) is 0 Å². The van der Waals surface area contributed by atoms with Crippen LogP contribution in [0.2, 0.25) is 5.02 Å². The Morgan fingerprint density at radius 3 is 2.43 bits per heavy atom. The van der Waals surface area contributed by atoms with Gasteiger partial charge in [0.2, 0.25) is 0 Å². The molecule has 3 aromatic carbocycles. The van der Waals surface area contributed by atoms with Crippen molar-refractivity contribution in [2.75, 3.05) is 13.2 Å². The topological polar surface area (TPSA) is 120 Å². The van der Waals surface area contributed by atoms with E-state index >= 15 is 0 Å². The Kier molecular flexibility index (Phi) is 8.74. The molecule has 46 heavy (non-hydrogen) atoms. The summed E-state index contributed by atoms with van der Waals surface area (Å²) in [5.74, 6) is -0.194. The minimum atomic E-state index is -1.13. The predicted molar refractivity (Wildman–Crippen MR) is 175 cm³/mol. The van der Waals surface area contributed by atoms with E-state index in [1.54, 1.807) is 43.3 Å². The van der Waals surface area contributed by atoms with E-state index in [-0.39, 0.29) is 28.3 Å². The highest BCUT2D eigenvalue weighted by molar-refractivity contribution is 7.07. The van der Waals surface area contributed by atoms with E-state index in [1.807, 2.05) is 49.4 Å². The highest BCUT2D eigenvalue weighted by Crippen LogP contribution is 2.36. The van der Waals surface area contributed by atoms with Crippen LogP contribution in [0, 0.1) is 0 Å². The number of hydrogen-bond donors (Lipinski definition) is 1. The summed E-state index contributed by atoms with van der Waals surface area (Å²) < 4.78 is 19.0. The third-order valence-electron chi connectivity index (χ3n) is 7.26. The molecular formula is C35H27ClN2O7S. The maximum absolute atomic E-state index is 14.1. The number of ether oxygens (including phenoxy) is 2. The maximum Gasteiger partial charge on any atom is 0.338 e. The van der Waals surface area contributed by atoms with E-state index < -0.39 is 18.0 Å². The average molecular weight is 655 g/mol. The zero-order valence-electron chi connectivity index (χ0n) is 24.7. The molecule has 2 aromatic heterocycles. The molecule has 11 heteroatoms. The first kappa shape index (κ1) is 30.8. The van der Waals surface area contributed by atoms with E-state index in [4.69, 9.17) is 30.5 Å². The fraction of sp³-hybridized carbons (Fsp3) is 0.143. The fourth-order valence-electron chi connectivity index (χ4n) is 5.23. The van der Waals surface area contributed by atoms with Crippen LogP contribution in [0.4, 0.5) is 0 Å². The lowest BCUT2D eigenvalue weighted by Crippen LogP contribution is -2.40. The number of carbonyl (C=O) groups is 2. The Morgan fingerprint density at radius 2 is 1.76 bits per heavy atom. The van der Waals surface area contributed by atoms with Gasteiger partial charge in [0.15, 0.2) is 4.80 Å². The van der Waals surface area contributed by atoms with Gasteiger partial charge in [0.25, 0.3) is 5.56 Å². The summed E-state index contributed by atoms with van der Waals surface area (Å²) in [4.78, 5) is 44.4. The van der Waals surface area contributed by atoms with Gasteiger partial charge in [-0.2, -0.15) is 0 Å². The van der Waals surface area contributed by atoms with Crippen molar-refractivity contribution in [3.8, 4) is 17.1 Å². The van der Waals surface area contributed by atoms with Crippen molar-refractivity contribution in [2.45, 2.75) is 19.9 Å². The van der Waals surface area contributed by atoms with Gasteiger partial charge in [-0.3, -0.25) is 9.36 Å². The summed E-state index contributed by atoms with van der Waals surface area (Å²) in [6, 6.07) is 23.7. The number of carbonyl (C=O) groups excluding carboxylic acids is 1. The molecule has 0 bridgehead atoms. The molecule has 9 nitrogen and oxygen atoms in total. The molecule has 5 aromatic rings. The van der Waals surface area contributed by atoms with Gasteiger partial charge in [0.05, 0.1) is 45.6 Å². The van der Waals surface area contributed by atoms with Crippen LogP contribution in [0.25, 0.3) is 23.1 Å². The molecule has 1 aliphatic heterocycles. The SMILES string of the molecule is CCOC(=O)C1=C(c2ccccc2)N=c2s/c(=C\c3ccc(-c4ccc(C(=O)O)c(Cl)c4)o3)c(=O)n2[C@@H]1c1ccc(OCC)cc1. The molecule has 232 valence electrons. The zero-order valence-corrected chi connectivity index (χ0v) is 26.3. The first-order valence-corrected chi connectivity index (χ1v) is 15.6. The number of rotatable bonds is 9. The van der Waals surface area contributed by atoms with E-state index in [0.717, 1.165) is 0 Å². The average Bonchev–Trinajstić information content (AvgIpc) is 3.65. The molecule has 0 spiro atoms.